The Bertz CT molecular complexity index is 522. The Balaban J connectivity index is 2.31. The second-order valence-corrected chi connectivity index (χ2v) is 9.28. The van der Waals surface area contributed by atoms with Gasteiger partial charge in [-0.25, -0.2) is 0 Å². The Morgan fingerprint density at radius 1 is 1.28 bits per heavy atom. The fourth-order valence-electron chi connectivity index (χ4n) is 1.86. The van der Waals surface area contributed by atoms with Gasteiger partial charge in [-0.3, -0.25) is 0 Å². The lowest BCUT2D eigenvalue weighted by atomic mass is 9.95. The first-order chi connectivity index (χ1) is 8.41. The molecule has 1 atom stereocenters. The van der Waals surface area contributed by atoms with Crippen molar-refractivity contribution in [1.82, 2.24) is 5.32 Å². The fourth-order valence-corrected chi connectivity index (χ4v) is 4.46. The van der Waals surface area contributed by atoms with Crippen LogP contribution in [0.1, 0.15) is 42.1 Å². The van der Waals surface area contributed by atoms with E-state index < -0.39 is 0 Å². The van der Waals surface area contributed by atoms with Crippen LogP contribution in [0.5, 0.6) is 0 Å². The van der Waals surface area contributed by atoms with Crippen molar-refractivity contribution in [2.24, 2.45) is 0 Å². The SMILES string of the molecule is CNC(c1csc(I)c1)c1ccc(C(C)(C)C)s1. The minimum Gasteiger partial charge on any atom is -0.309 e. The van der Waals surface area contributed by atoms with Crippen molar-refractivity contribution in [3.8, 4) is 0 Å². The molecule has 0 radical (unpaired) electrons. The van der Waals surface area contributed by atoms with Crippen LogP contribution in [0.3, 0.4) is 0 Å². The maximum Gasteiger partial charge on any atom is 0.0677 e. The first-order valence-electron chi connectivity index (χ1n) is 5.93. The van der Waals surface area contributed by atoms with Crippen LogP contribution >= 0.6 is 45.3 Å². The molecule has 0 bridgehead atoms. The molecule has 2 heterocycles. The minimum atomic E-state index is 0.240. The summed E-state index contributed by atoms with van der Waals surface area (Å²) in [6, 6.07) is 7.12. The van der Waals surface area contributed by atoms with Crippen molar-refractivity contribution >= 4 is 45.3 Å². The number of hydrogen-bond donors (Lipinski definition) is 1. The normalized spacial score (nSPS) is 13.8. The first kappa shape index (κ1) is 14.5. The first-order valence-corrected chi connectivity index (χ1v) is 8.70. The number of halogens is 1. The number of hydrogen-bond acceptors (Lipinski definition) is 3. The number of rotatable bonds is 3. The molecular weight excluding hydrogens is 373 g/mol. The molecule has 0 aliphatic rings. The van der Waals surface area contributed by atoms with E-state index in [9.17, 15) is 0 Å². The van der Waals surface area contributed by atoms with E-state index in [1.807, 2.05) is 18.4 Å². The Kier molecular flexibility index (Phi) is 4.52. The van der Waals surface area contributed by atoms with E-state index in [0.717, 1.165) is 0 Å². The topological polar surface area (TPSA) is 12.0 Å². The predicted octanol–water partition coefficient (Wildman–Crippen LogP) is 5.02. The Morgan fingerprint density at radius 2 is 2.00 bits per heavy atom. The van der Waals surface area contributed by atoms with E-state index in [1.54, 1.807) is 11.3 Å². The van der Waals surface area contributed by atoms with E-state index in [4.69, 9.17) is 0 Å². The van der Waals surface area contributed by atoms with Crippen LogP contribution < -0.4 is 5.32 Å². The van der Waals surface area contributed by atoms with Gasteiger partial charge in [0.05, 0.1) is 8.93 Å². The zero-order chi connectivity index (χ0) is 13.3. The summed E-state index contributed by atoms with van der Waals surface area (Å²) in [6.45, 7) is 6.81. The molecule has 1 nitrogen and oxygen atoms in total. The summed E-state index contributed by atoms with van der Waals surface area (Å²) in [5, 5.41) is 5.68. The van der Waals surface area contributed by atoms with E-state index in [0.29, 0.717) is 6.04 Å². The molecule has 0 saturated heterocycles. The molecule has 0 saturated carbocycles. The molecule has 1 unspecified atom stereocenters. The smallest absolute Gasteiger partial charge is 0.0677 e. The number of thiophene rings is 2. The van der Waals surface area contributed by atoms with E-state index in [-0.39, 0.29) is 5.41 Å². The molecule has 1 N–H and O–H groups in total. The molecule has 0 aliphatic carbocycles. The van der Waals surface area contributed by atoms with E-state index in [1.165, 1.54) is 18.2 Å². The van der Waals surface area contributed by atoms with Gasteiger partial charge in [-0.1, -0.05) is 20.8 Å². The van der Waals surface area contributed by atoms with Crippen LogP contribution in [-0.4, -0.2) is 7.05 Å². The lowest BCUT2D eigenvalue weighted by molar-refractivity contribution is 0.604. The molecule has 0 amide bonds. The highest BCUT2D eigenvalue weighted by Gasteiger charge is 2.20. The molecule has 98 valence electrons. The number of nitrogens with one attached hydrogen (secondary N) is 1. The maximum absolute atomic E-state index is 3.43. The molecule has 0 fully saturated rings. The van der Waals surface area contributed by atoms with Gasteiger partial charge in [-0.2, -0.15) is 0 Å². The fraction of sp³-hybridized carbons (Fsp3) is 0.429. The third-order valence-corrected chi connectivity index (χ3v) is 6.24. The monoisotopic (exact) mass is 391 g/mol. The summed E-state index contributed by atoms with van der Waals surface area (Å²) in [5.41, 5.74) is 1.61. The van der Waals surface area contributed by atoms with Crippen LogP contribution in [-0.2, 0) is 5.41 Å². The lowest BCUT2D eigenvalue weighted by Gasteiger charge is -2.16. The van der Waals surface area contributed by atoms with Crippen LogP contribution in [0.25, 0.3) is 0 Å². The highest BCUT2D eigenvalue weighted by Crippen LogP contribution is 2.35. The van der Waals surface area contributed by atoms with Gasteiger partial charge in [0.1, 0.15) is 0 Å². The average Bonchev–Trinajstić information content (AvgIpc) is 2.88. The third-order valence-electron chi connectivity index (χ3n) is 2.86. The van der Waals surface area contributed by atoms with Crippen LogP contribution in [0.4, 0.5) is 0 Å². The van der Waals surface area contributed by atoms with Gasteiger partial charge < -0.3 is 5.32 Å². The summed E-state index contributed by atoms with van der Waals surface area (Å²) in [5.74, 6) is 0. The Labute approximate surface area is 131 Å². The van der Waals surface area contributed by atoms with Gasteiger partial charge in [0.2, 0.25) is 0 Å². The van der Waals surface area contributed by atoms with E-state index >= 15 is 0 Å². The van der Waals surface area contributed by atoms with Crippen molar-refractivity contribution in [1.29, 1.82) is 0 Å². The van der Waals surface area contributed by atoms with Crippen LogP contribution in [0.2, 0.25) is 0 Å². The largest absolute Gasteiger partial charge is 0.309 e. The molecule has 2 aromatic heterocycles. The van der Waals surface area contributed by atoms with Gasteiger partial charge in [0.25, 0.3) is 0 Å². The standard InChI is InChI=1S/C14H18INS2/c1-14(2,3)11-6-5-10(18-11)13(16-4)9-7-12(15)17-8-9/h5-8,13,16H,1-4H3. The molecule has 2 aromatic rings. The quantitative estimate of drug-likeness (QED) is 0.725. The predicted molar refractivity (Wildman–Crippen MR) is 91.0 cm³/mol. The second kappa shape index (κ2) is 5.61. The summed E-state index contributed by atoms with van der Waals surface area (Å²) in [7, 11) is 2.03. The molecule has 18 heavy (non-hydrogen) atoms. The molecular formula is C14H18INS2. The average molecular weight is 391 g/mol. The minimum absolute atomic E-state index is 0.240. The van der Waals surface area contributed by atoms with Crippen LogP contribution in [0.15, 0.2) is 23.6 Å². The summed E-state index contributed by atoms with van der Waals surface area (Å²) >= 11 is 6.10. The van der Waals surface area contributed by atoms with Crippen molar-refractivity contribution < 1.29 is 0 Å². The third kappa shape index (κ3) is 3.15. The van der Waals surface area contributed by atoms with Crippen molar-refractivity contribution in [2.45, 2.75) is 32.2 Å². The zero-order valence-electron chi connectivity index (χ0n) is 11.1. The summed E-state index contributed by atoms with van der Waals surface area (Å²) in [6.07, 6.45) is 0. The molecule has 2 rings (SSSR count). The van der Waals surface area contributed by atoms with Crippen molar-refractivity contribution in [2.75, 3.05) is 7.05 Å². The van der Waals surface area contributed by atoms with Gasteiger partial charge in [0, 0.05) is 9.75 Å². The maximum atomic E-state index is 3.43. The summed E-state index contributed by atoms with van der Waals surface area (Å²) < 4.78 is 1.34. The van der Waals surface area contributed by atoms with Gasteiger partial charge >= 0.3 is 0 Å². The van der Waals surface area contributed by atoms with Crippen molar-refractivity contribution in [3.05, 3.63) is 41.8 Å². The lowest BCUT2D eigenvalue weighted by Crippen LogP contribution is -2.15. The zero-order valence-corrected chi connectivity index (χ0v) is 14.9. The molecule has 4 heteroatoms. The Morgan fingerprint density at radius 3 is 2.44 bits per heavy atom. The highest BCUT2D eigenvalue weighted by atomic mass is 127. The van der Waals surface area contributed by atoms with Gasteiger partial charge in [-0.15, -0.1) is 22.7 Å². The second-order valence-electron chi connectivity index (χ2n) is 5.36. The van der Waals surface area contributed by atoms with E-state index in [2.05, 4.69) is 72.3 Å². The summed E-state index contributed by atoms with van der Waals surface area (Å²) in [4.78, 5) is 2.85. The van der Waals surface area contributed by atoms with Gasteiger partial charge in [0.15, 0.2) is 0 Å². The molecule has 0 aromatic carbocycles. The highest BCUT2D eigenvalue weighted by molar-refractivity contribution is 14.1. The Hall–Kier alpha value is 0.0900. The molecule has 0 spiro atoms. The van der Waals surface area contributed by atoms with Crippen molar-refractivity contribution in [3.63, 3.8) is 0 Å². The van der Waals surface area contributed by atoms with Gasteiger partial charge in [-0.05, 0) is 64.2 Å². The molecule has 0 aliphatic heterocycles. The van der Waals surface area contributed by atoms with Crippen LogP contribution in [0, 0.1) is 2.88 Å².